The molecule has 0 unspecified atom stereocenters. The van der Waals surface area contributed by atoms with E-state index in [0.717, 1.165) is 6.20 Å². The number of aliphatic hydroxyl groups is 4. The summed E-state index contributed by atoms with van der Waals surface area (Å²) in [6.45, 7) is -0.586. The third-order valence-electron chi connectivity index (χ3n) is 3.27. The Bertz CT molecular complexity index is 677. The molecular formula is C11H16N4O7S. The number of aromatic amines is 2. The van der Waals surface area contributed by atoms with Crippen molar-refractivity contribution in [3.05, 3.63) is 27.0 Å². The first-order valence-electron chi connectivity index (χ1n) is 6.53. The lowest BCUT2D eigenvalue weighted by molar-refractivity contribution is -0.251. The molecule has 1 aliphatic rings. The maximum Gasteiger partial charge on any atom is 0.325 e. The Kier molecular flexibility index (Phi) is 5.46. The fourth-order valence-electron chi connectivity index (χ4n) is 2.07. The third-order valence-corrected chi connectivity index (χ3v) is 3.49. The van der Waals surface area contributed by atoms with Gasteiger partial charge in [0.25, 0.3) is 5.56 Å². The quantitative estimate of drug-likeness (QED) is 0.252. The van der Waals surface area contributed by atoms with Crippen LogP contribution in [-0.4, -0.2) is 72.8 Å². The lowest BCUT2D eigenvalue weighted by atomic mass is 9.97. The molecule has 23 heavy (non-hydrogen) atoms. The molecule has 1 fully saturated rings. The SMILES string of the molecule is O=c1[nH]cc(NC(=S)N[C@@H]2[C@H](O)[C@H](O)[C@@H](CO)O[C@H]2O)c(=O)[nH]1. The van der Waals surface area contributed by atoms with Crippen LogP contribution in [-0.2, 0) is 4.74 Å². The molecule has 0 saturated carbocycles. The van der Waals surface area contributed by atoms with E-state index < -0.39 is 48.5 Å². The van der Waals surface area contributed by atoms with Gasteiger partial charge in [0, 0.05) is 6.20 Å². The zero-order valence-corrected chi connectivity index (χ0v) is 12.4. The van der Waals surface area contributed by atoms with Gasteiger partial charge in [0.05, 0.1) is 6.61 Å². The molecule has 1 aromatic rings. The Labute approximate surface area is 133 Å². The average Bonchev–Trinajstić information content (AvgIpc) is 2.50. The van der Waals surface area contributed by atoms with Gasteiger partial charge in [0.2, 0.25) is 0 Å². The summed E-state index contributed by atoms with van der Waals surface area (Å²) in [6.07, 6.45) is -4.53. The fraction of sp³-hybridized carbons (Fsp3) is 0.545. The summed E-state index contributed by atoms with van der Waals surface area (Å²) in [7, 11) is 0. The number of aliphatic hydroxyl groups excluding tert-OH is 4. The van der Waals surface area contributed by atoms with Crippen LogP contribution in [0.4, 0.5) is 5.69 Å². The second-order valence-electron chi connectivity index (χ2n) is 4.84. The molecule has 5 atom stereocenters. The van der Waals surface area contributed by atoms with Gasteiger partial charge in [-0.15, -0.1) is 0 Å². The minimum atomic E-state index is -1.56. The van der Waals surface area contributed by atoms with Crippen molar-refractivity contribution in [3.63, 3.8) is 0 Å². The van der Waals surface area contributed by atoms with Gasteiger partial charge in [-0.3, -0.25) is 9.78 Å². The molecule has 0 aliphatic carbocycles. The number of ether oxygens (including phenoxy) is 1. The molecule has 1 saturated heterocycles. The molecule has 2 rings (SSSR count). The van der Waals surface area contributed by atoms with Crippen LogP contribution in [0.1, 0.15) is 0 Å². The van der Waals surface area contributed by atoms with Crippen molar-refractivity contribution >= 4 is 23.0 Å². The average molecular weight is 348 g/mol. The molecule has 1 aliphatic heterocycles. The Morgan fingerprint density at radius 1 is 1.30 bits per heavy atom. The van der Waals surface area contributed by atoms with Gasteiger partial charge in [-0.05, 0) is 12.2 Å². The second kappa shape index (κ2) is 7.16. The van der Waals surface area contributed by atoms with E-state index in [1.165, 1.54) is 0 Å². The van der Waals surface area contributed by atoms with Crippen molar-refractivity contribution in [3.8, 4) is 0 Å². The molecule has 128 valence electrons. The van der Waals surface area contributed by atoms with E-state index in [9.17, 15) is 24.9 Å². The number of hydrogen-bond acceptors (Lipinski definition) is 8. The van der Waals surface area contributed by atoms with E-state index >= 15 is 0 Å². The Hall–Kier alpha value is -1.83. The van der Waals surface area contributed by atoms with Crippen molar-refractivity contribution in [2.75, 3.05) is 11.9 Å². The number of nitrogens with one attached hydrogen (secondary N) is 4. The smallest absolute Gasteiger partial charge is 0.325 e. The summed E-state index contributed by atoms with van der Waals surface area (Å²) < 4.78 is 4.95. The maximum absolute atomic E-state index is 11.5. The molecule has 8 N–H and O–H groups in total. The van der Waals surface area contributed by atoms with Crippen LogP contribution in [0.5, 0.6) is 0 Å². The summed E-state index contributed by atoms with van der Waals surface area (Å²) in [5.41, 5.74) is -1.49. The van der Waals surface area contributed by atoms with Crippen LogP contribution < -0.4 is 21.9 Å². The van der Waals surface area contributed by atoms with Crippen molar-refractivity contribution in [1.29, 1.82) is 0 Å². The van der Waals surface area contributed by atoms with Crippen LogP contribution in [0, 0.1) is 0 Å². The van der Waals surface area contributed by atoms with E-state index in [1.807, 2.05) is 4.98 Å². The summed E-state index contributed by atoms with van der Waals surface area (Å²) in [4.78, 5) is 26.6. The molecule has 0 amide bonds. The van der Waals surface area contributed by atoms with Crippen LogP contribution in [0.3, 0.4) is 0 Å². The maximum atomic E-state index is 11.5. The van der Waals surface area contributed by atoms with E-state index in [-0.39, 0.29) is 10.8 Å². The Balaban J connectivity index is 2.04. The molecule has 0 aromatic carbocycles. The van der Waals surface area contributed by atoms with Gasteiger partial charge in [-0.2, -0.15) is 0 Å². The van der Waals surface area contributed by atoms with E-state index in [2.05, 4.69) is 15.6 Å². The predicted molar refractivity (Wildman–Crippen MR) is 80.8 cm³/mol. The minimum absolute atomic E-state index is 0.0726. The highest BCUT2D eigenvalue weighted by Gasteiger charge is 2.43. The molecule has 0 bridgehead atoms. The molecular weight excluding hydrogens is 332 g/mol. The minimum Gasteiger partial charge on any atom is -0.394 e. The Morgan fingerprint density at radius 3 is 2.61 bits per heavy atom. The van der Waals surface area contributed by atoms with E-state index in [1.54, 1.807) is 0 Å². The van der Waals surface area contributed by atoms with Crippen molar-refractivity contribution in [2.45, 2.75) is 30.6 Å². The highest BCUT2D eigenvalue weighted by molar-refractivity contribution is 7.80. The topological polar surface area (TPSA) is 180 Å². The normalized spacial score (nSPS) is 30.7. The van der Waals surface area contributed by atoms with Crippen LogP contribution in [0.15, 0.2) is 15.8 Å². The lowest BCUT2D eigenvalue weighted by Crippen LogP contribution is -2.64. The van der Waals surface area contributed by atoms with Gasteiger partial charge in [-0.1, -0.05) is 0 Å². The predicted octanol–water partition coefficient (Wildman–Crippen LogP) is -3.85. The van der Waals surface area contributed by atoms with Crippen LogP contribution in [0.2, 0.25) is 0 Å². The zero-order valence-electron chi connectivity index (χ0n) is 11.6. The molecule has 2 heterocycles. The van der Waals surface area contributed by atoms with E-state index in [4.69, 9.17) is 22.1 Å². The summed E-state index contributed by atoms with van der Waals surface area (Å²) in [5.74, 6) is 0. The number of H-pyrrole nitrogens is 2. The second-order valence-corrected chi connectivity index (χ2v) is 5.25. The molecule has 1 aromatic heterocycles. The largest absolute Gasteiger partial charge is 0.394 e. The summed E-state index contributed by atoms with van der Waals surface area (Å²) in [6, 6.07) is -1.20. The monoisotopic (exact) mass is 348 g/mol. The van der Waals surface area contributed by atoms with Crippen molar-refractivity contribution < 1.29 is 25.2 Å². The van der Waals surface area contributed by atoms with Crippen molar-refractivity contribution in [2.24, 2.45) is 0 Å². The number of aromatic nitrogens is 2. The fourth-order valence-corrected chi connectivity index (χ4v) is 2.31. The van der Waals surface area contributed by atoms with Crippen molar-refractivity contribution in [1.82, 2.24) is 15.3 Å². The molecule has 11 nitrogen and oxygen atoms in total. The standard InChI is InChI=1S/C11H16N4O7S/c16-2-4-6(17)7(18)5(9(20)22-4)14-11(23)13-3-1-12-10(21)15-8(3)19/h1,4-7,9,16-18,20H,2H2,(H2,13,14,23)(H2,12,15,19,21)/t4-,5-,6-,7+,9-/m1/s1. The third kappa shape index (κ3) is 3.93. The number of hydrogen-bond donors (Lipinski definition) is 8. The number of anilines is 1. The van der Waals surface area contributed by atoms with E-state index in [0.29, 0.717) is 0 Å². The van der Waals surface area contributed by atoms with Crippen LogP contribution >= 0.6 is 12.2 Å². The molecule has 12 heteroatoms. The number of thiocarbonyl (C=S) groups is 1. The molecule has 0 spiro atoms. The first-order valence-corrected chi connectivity index (χ1v) is 6.94. The summed E-state index contributed by atoms with van der Waals surface area (Å²) in [5, 5.41) is 43.3. The van der Waals surface area contributed by atoms with Gasteiger partial charge >= 0.3 is 5.69 Å². The zero-order chi connectivity index (χ0) is 17.1. The number of rotatable bonds is 3. The van der Waals surface area contributed by atoms with Gasteiger partial charge in [0.1, 0.15) is 30.0 Å². The Morgan fingerprint density at radius 2 is 2.00 bits per heavy atom. The molecule has 0 radical (unpaired) electrons. The van der Waals surface area contributed by atoms with Gasteiger partial charge in [-0.25, -0.2) is 4.79 Å². The first kappa shape index (κ1) is 17.5. The highest BCUT2D eigenvalue weighted by atomic mass is 32.1. The van der Waals surface area contributed by atoms with Gasteiger partial charge < -0.3 is 40.8 Å². The summed E-state index contributed by atoms with van der Waals surface area (Å²) >= 11 is 4.94. The first-order chi connectivity index (χ1) is 10.8. The van der Waals surface area contributed by atoms with Crippen LogP contribution in [0.25, 0.3) is 0 Å². The van der Waals surface area contributed by atoms with Gasteiger partial charge in [0.15, 0.2) is 11.4 Å². The highest BCUT2D eigenvalue weighted by Crippen LogP contribution is 2.19. The lowest BCUT2D eigenvalue weighted by Gasteiger charge is -2.40.